The lowest BCUT2D eigenvalue weighted by Gasteiger charge is -2.63. The zero-order valence-electron chi connectivity index (χ0n) is 22.7. The molecule has 1 N–H and O–H groups in total. The van der Waals surface area contributed by atoms with Crippen molar-refractivity contribution in [2.24, 2.45) is 23.2 Å². The van der Waals surface area contributed by atoms with Crippen LogP contribution in [-0.4, -0.2) is 52.5 Å². The SMILES string of the molecule is CCC1C2[C@@H](CN1C(=O)c1ccccc1C(F)(F)F)CC1(C)C3Cc4ccc(O)cc4C21CCN3CC1CC1. The number of carbonyl (C=O) groups is 1. The number of hydrogen-bond acceptors (Lipinski definition) is 3. The van der Waals surface area contributed by atoms with E-state index in [9.17, 15) is 23.1 Å². The molecule has 7 heteroatoms. The lowest BCUT2D eigenvalue weighted by molar-refractivity contribution is -0.138. The van der Waals surface area contributed by atoms with Gasteiger partial charge in [0.15, 0.2) is 0 Å². The molecule has 4 nitrogen and oxygen atoms in total. The number of amides is 1. The molecule has 1 amide bonds. The van der Waals surface area contributed by atoms with Gasteiger partial charge in [-0.2, -0.15) is 13.2 Å². The van der Waals surface area contributed by atoms with Crippen LogP contribution in [0.3, 0.4) is 0 Å². The second kappa shape index (κ2) is 8.48. The maximum atomic E-state index is 13.9. The molecule has 6 atom stereocenters. The van der Waals surface area contributed by atoms with Gasteiger partial charge in [-0.05, 0) is 104 Å². The van der Waals surface area contributed by atoms with Crippen LogP contribution in [0.2, 0.25) is 0 Å². The van der Waals surface area contributed by atoms with E-state index >= 15 is 0 Å². The number of fused-ring (bicyclic) bond motifs is 2. The number of phenolic OH excluding ortho intramolecular Hbond substituents is 1. The minimum absolute atomic E-state index is 0.0112. The van der Waals surface area contributed by atoms with Gasteiger partial charge in [0, 0.05) is 30.6 Å². The summed E-state index contributed by atoms with van der Waals surface area (Å²) < 4.78 is 41.6. The number of likely N-dealkylation sites (tertiary alicyclic amines) is 2. The molecule has 2 saturated carbocycles. The van der Waals surface area contributed by atoms with Crippen LogP contribution in [0.4, 0.5) is 13.2 Å². The summed E-state index contributed by atoms with van der Waals surface area (Å²) in [6.07, 6.45) is 1.64. The third kappa shape index (κ3) is 3.50. The topological polar surface area (TPSA) is 43.8 Å². The van der Waals surface area contributed by atoms with E-state index < -0.39 is 17.6 Å². The van der Waals surface area contributed by atoms with Gasteiger partial charge in [-0.15, -0.1) is 0 Å². The van der Waals surface area contributed by atoms with Crippen molar-refractivity contribution < 1.29 is 23.1 Å². The second-order valence-electron chi connectivity index (χ2n) is 13.1. The fourth-order valence-electron chi connectivity index (χ4n) is 9.78. The average molecular weight is 539 g/mol. The highest BCUT2D eigenvalue weighted by Crippen LogP contribution is 2.71. The molecule has 2 heterocycles. The Labute approximate surface area is 228 Å². The third-order valence-corrected chi connectivity index (χ3v) is 11.3. The summed E-state index contributed by atoms with van der Waals surface area (Å²) in [6.45, 7) is 7.15. The highest BCUT2D eigenvalue weighted by Gasteiger charge is 2.72. The van der Waals surface area contributed by atoms with Gasteiger partial charge in [0.1, 0.15) is 5.75 Å². The fourth-order valence-corrected chi connectivity index (χ4v) is 9.78. The Morgan fingerprint density at radius 2 is 1.92 bits per heavy atom. The van der Waals surface area contributed by atoms with E-state index in [-0.39, 0.29) is 40.0 Å². The van der Waals surface area contributed by atoms with Gasteiger partial charge < -0.3 is 10.0 Å². The van der Waals surface area contributed by atoms with Crippen molar-refractivity contribution in [3.63, 3.8) is 0 Å². The average Bonchev–Trinajstić information content (AvgIpc) is 3.57. The Morgan fingerprint density at radius 3 is 2.64 bits per heavy atom. The van der Waals surface area contributed by atoms with Crippen LogP contribution < -0.4 is 0 Å². The monoisotopic (exact) mass is 538 g/mol. The minimum atomic E-state index is -4.58. The standard InChI is InChI=1S/C32H37F3N2O2/c1-3-26-28-21(18-37(26)29(39)23-6-4-5-7-24(23)32(33,34)35)16-30(2)27-14-20-10-11-22(38)15-25(20)31(28,30)12-13-36(27)17-19-8-9-19/h4-7,10-11,15,19,21,26-28,38H,3,8-9,12-14,16-18H2,1-2H3/t21-,26?,27?,28?,30?,31?/m1/s1. The van der Waals surface area contributed by atoms with Crippen molar-refractivity contribution >= 4 is 5.91 Å². The van der Waals surface area contributed by atoms with Crippen molar-refractivity contribution in [1.29, 1.82) is 0 Å². The quantitative estimate of drug-likeness (QED) is 0.499. The van der Waals surface area contributed by atoms with Gasteiger partial charge in [0.05, 0.1) is 11.1 Å². The minimum Gasteiger partial charge on any atom is -0.508 e. The number of carbonyl (C=O) groups excluding carboxylic acids is 1. The first-order chi connectivity index (χ1) is 18.6. The van der Waals surface area contributed by atoms with E-state index in [1.54, 1.807) is 11.0 Å². The summed E-state index contributed by atoms with van der Waals surface area (Å²) in [7, 11) is 0. The van der Waals surface area contributed by atoms with Crippen LogP contribution in [0.1, 0.15) is 73.0 Å². The number of hydrogen-bond donors (Lipinski definition) is 1. The molecule has 2 bridgehead atoms. The Bertz CT molecular complexity index is 1320. The second-order valence-corrected chi connectivity index (χ2v) is 13.1. The summed E-state index contributed by atoms with van der Waals surface area (Å²) in [4.78, 5) is 18.4. The molecule has 2 saturated heterocycles. The molecular formula is C32H37F3N2O2. The number of aromatic hydroxyl groups is 1. The maximum Gasteiger partial charge on any atom is 0.417 e. The molecule has 39 heavy (non-hydrogen) atoms. The van der Waals surface area contributed by atoms with Crippen LogP contribution in [0.5, 0.6) is 5.75 Å². The molecule has 0 spiro atoms. The highest BCUT2D eigenvalue weighted by atomic mass is 19.4. The first-order valence-electron chi connectivity index (χ1n) is 14.6. The van der Waals surface area contributed by atoms with Gasteiger partial charge in [0.2, 0.25) is 0 Å². The zero-order chi connectivity index (χ0) is 27.3. The largest absolute Gasteiger partial charge is 0.508 e. The van der Waals surface area contributed by atoms with Crippen LogP contribution in [0, 0.1) is 23.2 Å². The Balaban J connectivity index is 1.32. The predicted molar refractivity (Wildman–Crippen MR) is 142 cm³/mol. The van der Waals surface area contributed by atoms with Gasteiger partial charge >= 0.3 is 6.18 Å². The predicted octanol–water partition coefficient (Wildman–Crippen LogP) is 6.27. The fraction of sp³-hybridized carbons (Fsp3) is 0.594. The summed E-state index contributed by atoms with van der Waals surface area (Å²) >= 11 is 0. The molecular weight excluding hydrogens is 501 g/mol. The third-order valence-electron chi connectivity index (χ3n) is 11.3. The number of halogens is 3. The normalized spacial score (nSPS) is 35.5. The number of alkyl halides is 3. The van der Waals surface area contributed by atoms with Crippen LogP contribution in [0.15, 0.2) is 42.5 Å². The molecule has 2 aromatic carbocycles. The van der Waals surface area contributed by atoms with Crippen LogP contribution >= 0.6 is 0 Å². The summed E-state index contributed by atoms with van der Waals surface area (Å²) in [6, 6.07) is 11.3. The van der Waals surface area contributed by atoms with Crippen molar-refractivity contribution in [3.8, 4) is 5.75 Å². The summed E-state index contributed by atoms with van der Waals surface area (Å²) in [5.41, 5.74) is 1.19. The van der Waals surface area contributed by atoms with Crippen LogP contribution in [0.25, 0.3) is 0 Å². The van der Waals surface area contributed by atoms with E-state index in [1.807, 2.05) is 6.07 Å². The Morgan fingerprint density at radius 1 is 1.15 bits per heavy atom. The van der Waals surface area contributed by atoms with Gasteiger partial charge in [-0.25, -0.2) is 0 Å². The van der Waals surface area contributed by atoms with E-state index in [0.29, 0.717) is 19.0 Å². The summed E-state index contributed by atoms with van der Waals surface area (Å²) in [5, 5.41) is 10.6. The van der Waals surface area contributed by atoms with E-state index in [0.717, 1.165) is 44.3 Å². The number of phenols is 1. The first-order valence-corrected chi connectivity index (χ1v) is 14.6. The highest BCUT2D eigenvalue weighted by molar-refractivity contribution is 5.96. The molecule has 5 unspecified atom stereocenters. The molecule has 0 aromatic heterocycles. The van der Waals surface area contributed by atoms with E-state index in [2.05, 4.69) is 24.8 Å². The molecule has 2 aliphatic heterocycles. The van der Waals surface area contributed by atoms with Gasteiger partial charge in [0.25, 0.3) is 5.91 Å². The zero-order valence-corrected chi connectivity index (χ0v) is 22.7. The smallest absolute Gasteiger partial charge is 0.417 e. The lowest BCUT2D eigenvalue weighted by atomic mass is 9.48. The van der Waals surface area contributed by atoms with E-state index in [1.165, 1.54) is 42.2 Å². The molecule has 3 aliphatic carbocycles. The molecule has 5 aliphatic rings. The van der Waals surface area contributed by atoms with Crippen molar-refractivity contribution in [3.05, 3.63) is 64.7 Å². The molecule has 7 rings (SSSR count). The van der Waals surface area contributed by atoms with Crippen molar-refractivity contribution in [2.75, 3.05) is 19.6 Å². The van der Waals surface area contributed by atoms with Gasteiger partial charge in [-0.1, -0.05) is 32.0 Å². The number of nitrogens with zero attached hydrogens (tertiary/aromatic N) is 2. The number of piperidine rings is 1. The molecule has 208 valence electrons. The maximum absolute atomic E-state index is 13.9. The summed E-state index contributed by atoms with van der Waals surface area (Å²) in [5.74, 6) is 0.941. The van der Waals surface area contributed by atoms with Crippen LogP contribution in [-0.2, 0) is 18.0 Å². The molecule has 2 aromatic rings. The molecule has 4 fully saturated rings. The van der Waals surface area contributed by atoms with Crippen molar-refractivity contribution in [2.45, 2.75) is 76.0 Å². The van der Waals surface area contributed by atoms with Crippen molar-refractivity contribution in [1.82, 2.24) is 9.80 Å². The first kappa shape index (κ1) is 25.4. The molecule has 0 radical (unpaired) electrons. The Kier molecular flexibility index (Phi) is 5.53. The van der Waals surface area contributed by atoms with E-state index in [4.69, 9.17) is 0 Å². The lowest BCUT2D eigenvalue weighted by Crippen LogP contribution is -2.66. The van der Waals surface area contributed by atoms with Gasteiger partial charge in [-0.3, -0.25) is 9.69 Å². The number of rotatable bonds is 4. The number of benzene rings is 2. The Hall–Kier alpha value is -2.54.